The normalized spacial score (nSPS) is 17.4. The molecule has 3 nitrogen and oxygen atoms in total. The Balaban J connectivity index is 1.66. The predicted octanol–water partition coefficient (Wildman–Crippen LogP) is 4.42. The second kappa shape index (κ2) is 5.93. The lowest BCUT2D eigenvalue weighted by Gasteiger charge is -2.15. The summed E-state index contributed by atoms with van der Waals surface area (Å²) in [5, 5.41) is 8.44. The SMILES string of the molecule is CC1=NN(c2ccccc2)C(=O)C1Cc1cccc2ccccc12. The molecule has 1 heterocycles. The molecule has 3 aromatic carbocycles. The van der Waals surface area contributed by atoms with Gasteiger partial charge in [0.15, 0.2) is 0 Å². The van der Waals surface area contributed by atoms with Gasteiger partial charge in [-0.2, -0.15) is 5.10 Å². The van der Waals surface area contributed by atoms with Crippen molar-refractivity contribution >= 4 is 28.1 Å². The highest BCUT2D eigenvalue weighted by Gasteiger charge is 2.34. The molecule has 0 bridgehead atoms. The Morgan fingerprint density at radius 3 is 2.46 bits per heavy atom. The van der Waals surface area contributed by atoms with Gasteiger partial charge in [-0.3, -0.25) is 4.79 Å². The zero-order valence-electron chi connectivity index (χ0n) is 13.5. The minimum atomic E-state index is -0.198. The molecule has 1 aliphatic heterocycles. The fraction of sp³-hybridized carbons (Fsp3) is 0.143. The highest BCUT2D eigenvalue weighted by atomic mass is 16.2. The number of para-hydroxylation sites is 1. The van der Waals surface area contributed by atoms with Crippen molar-refractivity contribution in [3.05, 3.63) is 78.4 Å². The van der Waals surface area contributed by atoms with Gasteiger partial charge in [-0.05, 0) is 41.8 Å². The number of nitrogens with zero attached hydrogens (tertiary/aromatic N) is 2. The molecule has 1 amide bonds. The van der Waals surface area contributed by atoms with Crippen LogP contribution < -0.4 is 5.01 Å². The van der Waals surface area contributed by atoms with Crippen LogP contribution in [0.3, 0.4) is 0 Å². The first-order valence-corrected chi connectivity index (χ1v) is 8.15. The monoisotopic (exact) mass is 314 g/mol. The van der Waals surface area contributed by atoms with Gasteiger partial charge in [0.05, 0.1) is 11.6 Å². The van der Waals surface area contributed by atoms with Crippen molar-refractivity contribution in [2.24, 2.45) is 11.0 Å². The molecule has 0 aliphatic carbocycles. The lowest BCUT2D eigenvalue weighted by molar-refractivity contribution is -0.119. The van der Waals surface area contributed by atoms with Crippen LogP contribution in [0.25, 0.3) is 10.8 Å². The van der Waals surface area contributed by atoms with Crippen molar-refractivity contribution in [3.8, 4) is 0 Å². The first-order valence-electron chi connectivity index (χ1n) is 8.15. The van der Waals surface area contributed by atoms with Crippen molar-refractivity contribution in [1.29, 1.82) is 0 Å². The molecular weight excluding hydrogens is 296 g/mol. The summed E-state index contributed by atoms with van der Waals surface area (Å²) in [4.78, 5) is 12.9. The van der Waals surface area contributed by atoms with E-state index in [0.29, 0.717) is 6.42 Å². The van der Waals surface area contributed by atoms with Gasteiger partial charge in [0.25, 0.3) is 5.91 Å². The maximum atomic E-state index is 12.9. The van der Waals surface area contributed by atoms with Gasteiger partial charge in [0.2, 0.25) is 0 Å². The van der Waals surface area contributed by atoms with Gasteiger partial charge in [-0.15, -0.1) is 0 Å². The molecule has 1 unspecified atom stereocenters. The maximum Gasteiger partial charge on any atom is 0.256 e. The van der Waals surface area contributed by atoms with Crippen LogP contribution in [0.5, 0.6) is 0 Å². The number of hydrazone groups is 1. The van der Waals surface area contributed by atoms with E-state index in [4.69, 9.17) is 0 Å². The van der Waals surface area contributed by atoms with Crippen molar-refractivity contribution in [2.45, 2.75) is 13.3 Å². The molecule has 0 aromatic heterocycles. The van der Waals surface area contributed by atoms with Crippen molar-refractivity contribution < 1.29 is 4.79 Å². The van der Waals surface area contributed by atoms with Crippen molar-refractivity contribution in [1.82, 2.24) is 0 Å². The van der Waals surface area contributed by atoms with Gasteiger partial charge in [-0.25, -0.2) is 5.01 Å². The zero-order chi connectivity index (χ0) is 16.5. The lowest BCUT2D eigenvalue weighted by atomic mass is 9.92. The molecule has 118 valence electrons. The average Bonchev–Trinajstić information content (AvgIpc) is 2.91. The summed E-state index contributed by atoms with van der Waals surface area (Å²) in [7, 11) is 0. The van der Waals surface area contributed by atoms with E-state index in [2.05, 4.69) is 35.4 Å². The van der Waals surface area contributed by atoms with Crippen LogP contribution in [0, 0.1) is 5.92 Å². The molecule has 1 aliphatic rings. The predicted molar refractivity (Wildman–Crippen MR) is 98.2 cm³/mol. The molecule has 0 N–H and O–H groups in total. The maximum absolute atomic E-state index is 12.9. The number of hydrogen-bond donors (Lipinski definition) is 0. The molecule has 3 aromatic rings. The fourth-order valence-electron chi connectivity index (χ4n) is 3.28. The molecule has 0 spiro atoms. The van der Waals surface area contributed by atoms with E-state index >= 15 is 0 Å². The van der Waals surface area contributed by atoms with Crippen LogP contribution in [0.1, 0.15) is 12.5 Å². The summed E-state index contributed by atoms with van der Waals surface area (Å²) in [6.07, 6.45) is 0.679. The van der Waals surface area contributed by atoms with E-state index in [-0.39, 0.29) is 11.8 Å². The molecule has 4 rings (SSSR count). The smallest absolute Gasteiger partial charge is 0.256 e. The van der Waals surface area contributed by atoms with Crippen LogP contribution in [0.15, 0.2) is 77.9 Å². The molecule has 0 radical (unpaired) electrons. The van der Waals surface area contributed by atoms with Gasteiger partial charge in [0.1, 0.15) is 0 Å². The number of rotatable bonds is 3. The summed E-state index contributed by atoms with van der Waals surface area (Å²) in [6.45, 7) is 1.94. The highest BCUT2D eigenvalue weighted by molar-refractivity contribution is 6.15. The largest absolute Gasteiger partial charge is 0.272 e. The fourth-order valence-corrected chi connectivity index (χ4v) is 3.28. The van der Waals surface area contributed by atoms with Gasteiger partial charge in [0, 0.05) is 5.71 Å². The Bertz CT molecular complexity index is 925. The van der Waals surface area contributed by atoms with Crippen LogP contribution in [0.2, 0.25) is 0 Å². The standard InChI is InChI=1S/C21H18N2O/c1-15-20(21(24)23(22-15)18-11-3-2-4-12-18)14-17-10-7-9-16-8-5-6-13-19(16)17/h2-13,20H,14H2,1H3. The molecular formula is C21H18N2O. The molecule has 24 heavy (non-hydrogen) atoms. The Morgan fingerprint density at radius 2 is 1.62 bits per heavy atom. The third-order valence-corrected chi connectivity index (χ3v) is 4.57. The third-order valence-electron chi connectivity index (χ3n) is 4.57. The number of carbonyl (C=O) groups is 1. The van der Waals surface area contributed by atoms with E-state index in [1.807, 2.05) is 49.4 Å². The molecule has 1 atom stereocenters. The van der Waals surface area contributed by atoms with E-state index < -0.39 is 0 Å². The topological polar surface area (TPSA) is 32.7 Å². The Labute approximate surface area is 141 Å². The lowest BCUT2D eigenvalue weighted by Crippen LogP contribution is -2.28. The molecule has 0 saturated heterocycles. The van der Waals surface area contributed by atoms with E-state index in [9.17, 15) is 4.79 Å². The van der Waals surface area contributed by atoms with Crippen LogP contribution in [0.4, 0.5) is 5.69 Å². The van der Waals surface area contributed by atoms with Crippen molar-refractivity contribution in [3.63, 3.8) is 0 Å². The summed E-state index contributed by atoms with van der Waals surface area (Å²) < 4.78 is 0. The number of benzene rings is 3. The van der Waals surface area contributed by atoms with Gasteiger partial charge >= 0.3 is 0 Å². The second-order valence-corrected chi connectivity index (χ2v) is 6.12. The summed E-state index contributed by atoms with van der Waals surface area (Å²) >= 11 is 0. The van der Waals surface area contributed by atoms with Crippen LogP contribution in [-0.4, -0.2) is 11.6 Å². The van der Waals surface area contributed by atoms with E-state index in [0.717, 1.165) is 11.4 Å². The Kier molecular flexibility index (Phi) is 3.62. The summed E-state index contributed by atoms with van der Waals surface area (Å²) in [5.41, 5.74) is 2.88. The van der Waals surface area contributed by atoms with Crippen LogP contribution in [-0.2, 0) is 11.2 Å². The minimum absolute atomic E-state index is 0.0478. The zero-order valence-corrected chi connectivity index (χ0v) is 13.5. The summed E-state index contributed by atoms with van der Waals surface area (Å²) in [5.74, 6) is -0.150. The Hall–Kier alpha value is -2.94. The van der Waals surface area contributed by atoms with Gasteiger partial charge < -0.3 is 0 Å². The molecule has 0 saturated carbocycles. The number of anilines is 1. The van der Waals surface area contributed by atoms with E-state index in [1.165, 1.54) is 21.3 Å². The van der Waals surface area contributed by atoms with Crippen molar-refractivity contribution in [2.75, 3.05) is 5.01 Å². The molecule has 0 fully saturated rings. The number of amides is 1. The van der Waals surface area contributed by atoms with Crippen LogP contribution >= 0.6 is 0 Å². The average molecular weight is 314 g/mol. The van der Waals surface area contributed by atoms with E-state index in [1.54, 1.807) is 0 Å². The molecule has 3 heteroatoms. The Morgan fingerprint density at radius 1 is 0.917 bits per heavy atom. The van der Waals surface area contributed by atoms with Gasteiger partial charge in [-0.1, -0.05) is 60.7 Å². The number of hydrogen-bond acceptors (Lipinski definition) is 2. The second-order valence-electron chi connectivity index (χ2n) is 6.12. The number of carbonyl (C=O) groups excluding carboxylic acids is 1. The first kappa shape index (κ1) is 14.6. The third kappa shape index (κ3) is 2.48. The highest BCUT2D eigenvalue weighted by Crippen LogP contribution is 2.28. The quantitative estimate of drug-likeness (QED) is 0.704. The first-order chi connectivity index (χ1) is 11.7. The minimum Gasteiger partial charge on any atom is -0.272 e. The summed E-state index contributed by atoms with van der Waals surface area (Å²) in [6, 6.07) is 24.2. The number of fused-ring (bicyclic) bond motifs is 1.